The number of hydrogen-bond acceptors (Lipinski definition) is 3. The van der Waals surface area contributed by atoms with Crippen LogP contribution in [0, 0.1) is 5.92 Å². The van der Waals surface area contributed by atoms with Crippen LogP contribution in [-0.2, 0) is 9.59 Å². The molecule has 1 aliphatic carbocycles. The molecule has 0 aromatic rings. The van der Waals surface area contributed by atoms with E-state index >= 15 is 0 Å². The average molecular weight is 505 g/mol. The highest BCUT2D eigenvalue weighted by molar-refractivity contribution is 14.0. The van der Waals surface area contributed by atoms with Crippen LogP contribution in [0.25, 0.3) is 0 Å². The molecule has 3 rings (SSSR count). The molecule has 1 saturated carbocycles. The first-order chi connectivity index (χ1) is 13.2. The number of amides is 2. The fraction of sp³-hybridized carbons (Fsp3) is 0.850. The molecule has 0 aromatic heterocycles. The lowest BCUT2D eigenvalue weighted by molar-refractivity contribution is -0.135. The number of carbonyl (C=O) groups is 2. The largest absolute Gasteiger partial charge is 0.352 e. The zero-order chi connectivity index (χ0) is 19.1. The zero-order valence-electron chi connectivity index (χ0n) is 17.1. The Morgan fingerprint density at radius 1 is 0.929 bits per heavy atom. The molecule has 0 radical (unpaired) electrons. The van der Waals surface area contributed by atoms with E-state index < -0.39 is 0 Å². The third kappa shape index (κ3) is 6.49. The molecular formula is C20H36IN5O2. The number of rotatable bonds is 4. The molecule has 3 fully saturated rings. The van der Waals surface area contributed by atoms with Gasteiger partial charge in [0.25, 0.3) is 0 Å². The second-order valence-electron chi connectivity index (χ2n) is 8.12. The van der Waals surface area contributed by atoms with Crippen LogP contribution in [0.5, 0.6) is 0 Å². The number of hydrogen-bond donors (Lipinski definition) is 2. The number of piperidine rings is 1. The van der Waals surface area contributed by atoms with Crippen molar-refractivity contribution < 1.29 is 9.59 Å². The number of nitrogens with zero attached hydrogens (tertiary/aromatic N) is 3. The van der Waals surface area contributed by atoms with Gasteiger partial charge in [-0.1, -0.05) is 19.3 Å². The lowest BCUT2D eigenvalue weighted by Gasteiger charge is -2.27. The number of aliphatic imine (C=N–C) groups is 1. The Labute approximate surface area is 186 Å². The van der Waals surface area contributed by atoms with Crippen molar-refractivity contribution in [1.82, 2.24) is 20.4 Å². The third-order valence-corrected chi connectivity index (χ3v) is 6.13. The third-order valence-electron chi connectivity index (χ3n) is 6.13. The Morgan fingerprint density at radius 2 is 1.61 bits per heavy atom. The fourth-order valence-corrected chi connectivity index (χ4v) is 4.49. The van der Waals surface area contributed by atoms with E-state index in [1.54, 1.807) is 7.05 Å². The monoisotopic (exact) mass is 505 g/mol. The Bertz CT molecular complexity index is 545. The van der Waals surface area contributed by atoms with Crippen molar-refractivity contribution in [3.8, 4) is 0 Å². The summed E-state index contributed by atoms with van der Waals surface area (Å²) < 4.78 is 0. The van der Waals surface area contributed by atoms with Crippen molar-refractivity contribution in [3.63, 3.8) is 0 Å². The minimum absolute atomic E-state index is 0. The summed E-state index contributed by atoms with van der Waals surface area (Å²) in [5.74, 6) is 1.36. The summed E-state index contributed by atoms with van der Waals surface area (Å²) in [6.07, 6.45) is 10.1. The van der Waals surface area contributed by atoms with E-state index in [0.717, 1.165) is 58.3 Å². The van der Waals surface area contributed by atoms with Gasteiger partial charge in [-0.25, -0.2) is 0 Å². The van der Waals surface area contributed by atoms with Gasteiger partial charge >= 0.3 is 0 Å². The standard InChI is InChI=1S/C20H35N5O2.HI/c1-21-20(22-14-18(26)24-11-6-3-7-12-24)23-17-10-13-25(15-17)19(27)16-8-4-2-5-9-16;/h16-17H,2-15H2,1H3,(H2,21,22,23);1H. The van der Waals surface area contributed by atoms with Crippen LogP contribution >= 0.6 is 24.0 Å². The number of carbonyl (C=O) groups excluding carboxylic acids is 2. The predicted molar refractivity (Wildman–Crippen MR) is 122 cm³/mol. The normalized spacial score (nSPS) is 23.9. The molecule has 1 atom stereocenters. The average Bonchev–Trinajstić information content (AvgIpc) is 3.20. The molecule has 2 amide bonds. The molecule has 3 aliphatic rings. The molecular weight excluding hydrogens is 469 g/mol. The number of guanidine groups is 1. The second-order valence-corrected chi connectivity index (χ2v) is 8.12. The van der Waals surface area contributed by atoms with E-state index in [4.69, 9.17) is 0 Å². The molecule has 7 nitrogen and oxygen atoms in total. The molecule has 28 heavy (non-hydrogen) atoms. The first-order valence-electron chi connectivity index (χ1n) is 10.7. The van der Waals surface area contributed by atoms with E-state index in [9.17, 15) is 9.59 Å². The van der Waals surface area contributed by atoms with Gasteiger partial charge < -0.3 is 20.4 Å². The van der Waals surface area contributed by atoms with Crippen molar-refractivity contribution in [3.05, 3.63) is 0 Å². The summed E-state index contributed by atoms with van der Waals surface area (Å²) in [4.78, 5) is 33.2. The van der Waals surface area contributed by atoms with Crippen molar-refractivity contribution in [2.75, 3.05) is 39.8 Å². The van der Waals surface area contributed by atoms with Gasteiger partial charge in [-0.2, -0.15) is 0 Å². The fourth-order valence-electron chi connectivity index (χ4n) is 4.49. The number of nitrogens with one attached hydrogen (secondary N) is 2. The topological polar surface area (TPSA) is 77.0 Å². The molecule has 8 heteroatoms. The summed E-state index contributed by atoms with van der Waals surface area (Å²) in [5.41, 5.74) is 0. The summed E-state index contributed by atoms with van der Waals surface area (Å²) in [5, 5.41) is 6.53. The van der Waals surface area contributed by atoms with Crippen molar-refractivity contribution in [2.45, 2.75) is 63.8 Å². The molecule has 2 aliphatic heterocycles. The van der Waals surface area contributed by atoms with E-state index in [0.29, 0.717) is 11.9 Å². The van der Waals surface area contributed by atoms with Gasteiger partial charge in [0, 0.05) is 45.2 Å². The first kappa shape index (κ1) is 23.2. The van der Waals surface area contributed by atoms with Gasteiger partial charge in [-0.05, 0) is 38.5 Å². The van der Waals surface area contributed by atoms with Gasteiger partial charge in [0.05, 0.1) is 6.54 Å². The Balaban J connectivity index is 0.00000280. The molecule has 2 heterocycles. The second kappa shape index (κ2) is 11.8. The highest BCUT2D eigenvalue weighted by Gasteiger charge is 2.31. The summed E-state index contributed by atoms with van der Waals surface area (Å²) >= 11 is 0. The minimum atomic E-state index is 0. The zero-order valence-corrected chi connectivity index (χ0v) is 19.5. The lowest BCUT2D eigenvalue weighted by Crippen LogP contribution is -2.49. The van der Waals surface area contributed by atoms with Crippen molar-refractivity contribution in [2.24, 2.45) is 10.9 Å². The van der Waals surface area contributed by atoms with Gasteiger partial charge in [-0.15, -0.1) is 24.0 Å². The quantitative estimate of drug-likeness (QED) is 0.348. The van der Waals surface area contributed by atoms with Gasteiger partial charge in [-0.3, -0.25) is 14.6 Å². The maximum absolute atomic E-state index is 12.7. The van der Waals surface area contributed by atoms with Crippen LogP contribution in [-0.4, -0.2) is 73.4 Å². The Hall–Kier alpha value is -1.06. The maximum Gasteiger partial charge on any atom is 0.241 e. The van der Waals surface area contributed by atoms with E-state index in [-0.39, 0.29) is 48.4 Å². The maximum atomic E-state index is 12.7. The minimum Gasteiger partial charge on any atom is -0.352 e. The molecule has 0 bridgehead atoms. The van der Waals surface area contributed by atoms with Gasteiger partial charge in [0.1, 0.15) is 0 Å². The first-order valence-corrected chi connectivity index (χ1v) is 10.7. The molecule has 160 valence electrons. The predicted octanol–water partition coefficient (Wildman–Crippen LogP) is 1.96. The van der Waals surface area contributed by atoms with E-state index in [1.807, 2.05) is 9.80 Å². The summed E-state index contributed by atoms with van der Waals surface area (Å²) in [7, 11) is 1.72. The Kier molecular flexibility index (Phi) is 9.81. The van der Waals surface area contributed by atoms with Crippen LogP contribution < -0.4 is 10.6 Å². The summed E-state index contributed by atoms with van der Waals surface area (Å²) in [6, 6.07) is 0.203. The van der Waals surface area contributed by atoms with Crippen molar-refractivity contribution >= 4 is 41.8 Å². The SMILES string of the molecule is CN=C(NCC(=O)N1CCCCC1)NC1CCN(C(=O)C2CCCCC2)C1.I. The molecule has 1 unspecified atom stereocenters. The number of halogens is 1. The summed E-state index contributed by atoms with van der Waals surface area (Å²) in [6.45, 7) is 3.56. The van der Waals surface area contributed by atoms with Crippen LogP contribution in [0.1, 0.15) is 57.8 Å². The van der Waals surface area contributed by atoms with Crippen LogP contribution in [0.3, 0.4) is 0 Å². The van der Waals surface area contributed by atoms with Gasteiger partial charge in [0.15, 0.2) is 5.96 Å². The van der Waals surface area contributed by atoms with Crippen LogP contribution in [0.4, 0.5) is 0 Å². The Morgan fingerprint density at radius 3 is 2.29 bits per heavy atom. The highest BCUT2D eigenvalue weighted by atomic mass is 127. The molecule has 0 aromatic carbocycles. The smallest absolute Gasteiger partial charge is 0.241 e. The van der Waals surface area contributed by atoms with Crippen LogP contribution in [0.2, 0.25) is 0 Å². The molecule has 0 spiro atoms. The van der Waals surface area contributed by atoms with Crippen LogP contribution in [0.15, 0.2) is 4.99 Å². The van der Waals surface area contributed by atoms with Crippen molar-refractivity contribution in [1.29, 1.82) is 0 Å². The molecule has 2 saturated heterocycles. The highest BCUT2D eigenvalue weighted by Crippen LogP contribution is 2.26. The molecule has 2 N–H and O–H groups in total. The number of likely N-dealkylation sites (tertiary alicyclic amines) is 2. The lowest BCUT2D eigenvalue weighted by atomic mass is 9.88. The van der Waals surface area contributed by atoms with E-state index in [1.165, 1.54) is 25.7 Å². The van der Waals surface area contributed by atoms with E-state index in [2.05, 4.69) is 15.6 Å². The van der Waals surface area contributed by atoms with Gasteiger partial charge in [0.2, 0.25) is 11.8 Å².